The van der Waals surface area contributed by atoms with Crippen molar-refractivity contribution in [2.24, 2.45) is 0 Å². The van der Waals surface area contributed by atoms with Gasteiger partial charge in [-0.1, -0.05) is 12.1 Å². The fourth-order valence-corrected chi connectivity index (χ4v) is 1.07. The summed E-state index contributed by atoms with van der Waals surface area (Å²) in [6.45, 7) is 0.576. The molecule has 0 atom stereocenters. The van der Waals surface area contributed by atoms with E-state index in [1.807, 2.05) is 6.07 Å². The van der Waals surface area contributed by atoms with Crippen LogP contribution in [0, 0.1) is 11.3 Å². The van der Waals surface area contributed by atoms with Crippen LogP contribution in [0.5, 0.6) is 0 Å². The van der Waals surface area contributed by atoms with Crippen LogP contribution in [-0.4, -0.2) is 6.54 Å². The summed E-state index contributed by atoms with van der Waals surface area (Å²) in [7, 11) is 0. The third-order valence-electron chi connectivity index (χ3n) is 1.81. The van der Waals surface area contributed by atoms with E-state index in [0.29, 0.717) is 6.54 Å². The van der Waals surface area contributed by atoms with Crippen molar-refractivity contribution in [2.75, 3.05) is 6.54 Å². The molecule has 0 saturated heterocycles. The van der Waals surface area contributed by atoms with Crippen LogP contribution in [0.3, 0.4) is 0 Å². The second-order valence-corrected chi connectivity index (χ2v) is 2.96. The maximum atomic E-state index is 12.2. The molecular weight excluding hydrogens is 205 g/mol. The molecule has 5 heteroatoms. The van der Waals surface area contributed by atoms with Crippen LogP contribution in [0.2, 0.25) is 0 Å². The number of benzene rings is 1. The predicted molar refractivity (Wildman–Crippen MR) is 48.8 cm³/mol. The lowest BCUT2D eigenvalue weighted by Crippen LogP contribution is -2.13. The number of nitriles is 1. The first-order valence-electron chi connectivity index (χ1n) is 4.28. The Balaban J connectivity index is 2.61. The molecule has 0 heterocycles. The van der Waals surface area contributed by atoms with Gasteiger partial charge in [0.05, 0.1) is 18.2 Å². The van der Waals surface area contributed by atoms with Crippen molar-refractivity contribution in [1.29, 1.82) is 5.26 Å². The van der Waals surface area contributed by atoms with Crippen molar-refractivity contribution in [3.8, 4) is 6.07 Å². The number of nitrogens with one attached hydrogen (secondary N) is 1. The van der Waals surface area contributed by atoms with Crippen molar-refractivity contribution >= 4 is 0 Å². The molecule has 0 saturated carbocycles. The van der Waals surface area contributed by atoms with Crippen molar-refractivity contribution in [3.05, 3.63) is 35.4 Å². The molecule has 0 unspecified atom stereocenters. The van der Waals surface area contributed by atoms with E-state index in [0.717, 1.165) is 17.7 Å². The molecule has 2 nitrogen and oxygen atoms in total. The Labute approximate surface area is 85.3 Å². The monoisotopic (exact) mass is 214 g/mol. The van der Waals surface area contributed by atoms with E-state index in [1.165, 1.54) is 12.1 Å². The van der Waals surface area contributed by atoms with Gasteiger partial charge in [-0.15, -0.1) is 0 Å². The predicted octanol–water partition coefficient (Wildman–Crippen LogP) is 2.32. The molecular formula is C10H9F3N2. The largest absolute Gasteiger partial charge is 0.416 e. The first kappa shape index (κ1) is 11.5. The summed E-state index contributed by atoms with van der Waals surface area (Å²) in [5.41, 5.74) is 0.0600. The summed E-state index contributed by atoms with van der Waals surface area (Å²) < 4.78 is 36.5. The zero-order valence-electron chi connectivity index (χ0n) is 7.80. The molecule has 0 aliphatic rings. The molecule has 1 aromatic rings. The normalized spacial score (nSPS) is 11.1. The Morgan fingerprint density at radius 1 is 1.20 bits per heavy atom. The highest BCUT2D eigenvalue weighted by molar-refractivity contribution is 5.24. The molecule has 0 amide bonds. The first-order valence-corrected chi connectivity index (χ1v) is 4.28. The lowest BCUT2D eigenvalue weighted by molar-refractivity contribution is -0.137. The molecule has 0 aliphatic heterocycles. The van der Waals surface area contributed by atoms with E-state index in [4.69, 9.17) is 5.26 Å². The molecule has 0 bridgehead atoms. The minimum absolute atomic E-state index is 0.182. The second-order valence-electron chi connectivity index (χ2n) is 2.96. The van der Waals surface area contributed by atoms with Gasteiger partial charge in [-0.2, -0.15) is 18.4 Å². The minimum Gasteiger partial charge on any atom is -0.300 e. The number of nitrogens with zero attached hydrogens (tertiary/aromatic N) is 1. The van der Waals surface area contributed by atoms with Gasteiger partial charge in [0.15, 0.2) is 0 Å². The SMILES string of the molecule is N#CCNCc1ccc(C(F)(F)F)cc1. The fourth-order valence-electron chi connectivity index (χ4n) is 1.07. The lowest BCUT2D eigenvalue weighted by atomic mass is 10.1. The molecule has 0 radical (unpaired) electrons. The third kappa shape index (κ3) is 3.60. The van der Waals surface area contributed by atoms with Crippen LogP contribution in [-0.2, 0) is 12.7 Å². The topological polar surface area (TPSA) is 35.8 Å². The van der Waals surface area contributed by atoms with Gasteiger partial charge in [0.1, 0.15) is 0 Å². The Hall–Kier alpha value is -1.54. The second kappa shape index (κ2) is 4.80. The summed E-state index contributed by atoms with van der Waals surface area (Å²) in [6.07, 6.45) is -4.29. The van der Waals surface area contributed by atoms with E-state index in [2.05, 4.69) is 5.32 Å². The van der Waals surface area contributed by atoms with E-state index in [-0.39, 0.29) is 6.54 Å². The van der Waals surface area contributed by atoms with Crippen molar-refractivity contribution < 1.29 is 13.2 Å². The standard InChI is InChI=1S/C10H9F3N2/c11-10(12,13)9-3-1-8(2-4-9)7-15-6-5-14/h1-4,15H,6-7H2. The highest BCUT2D eigenvalue weighted by Gasteiger charge is 2.29. The third-order valence-corrected chi connectivity index (χ3v) is 1.81. The number of rotatable bonds is 3. The fraction of sp³-hybridized carbons (Fsp3) is 0.300. The zero-order chi connectivity index (χ0) is 11.3. The highest BCUT2D eigenvalue weighted by Crippen LogP contribution is 2.28. The number of alkyl halides is 3. The van der Waals surface area contributed by atoms with Crippen molar-refractivity contribution in [2.45, 2.75) is 12.7 Å². The van der Waals surface area contributed by atoms with Crippen LogP contribution in [0.15, 0.2) is 24.3 Å². The molecule has 1 rings (SSSR count). The van der Waals surface area contributed by atoms with Gasteiger partial charge in [-0.05, 0) is 17.7 Å². The number of halogens is 3. The summed E-state index contributed by atoms with van der Waals surface area (Å²) in [5, 5.41) is 11.0. The van der Waals surface area contributed by atoms with E-state index in [1.54, 1.807) is 0 Å². The van der Waals surface area contributed by atoms with Gasteiger partial charge in [0.2, 0.25) is 0 Å². The van der Waals surface area contributed by atoms with Gasteiger partial charge in [0, 0.05) is 6.54 Å². The summed E-state index contributed by atoms with van der Waals surface area (Å²) in [6, 6.07) is 6.74. The zero-order valence-corrected chi connectivity index (χ0v) is 7.80. The van der Waals surface area contributed by atoms with Crippen LogP contribution in [0.1, 0.15) is 11.1 Å². The molecule has 0 fully saturated rings. The Kier molecular flexibility index (Phi) is 3.69. The average Bonchev–Trinajstić information content (AvgIpc) is 2.18. The van der Waals surface area contributed by atoms with Gasteiger partial charge < -0.3 is 5.32 Å². The molecule has 0 aliphatic carbocycles. The van der Waals surface area contributed by atoms with Crippen LogP contribution < -0.4 is 5.32 Å². The first-order chi connectivity index (χ1) is 7.04. The number of hydrogen-bond acceptors (Lipinski definition) is 2. The maximum absolute atomic E-state index is 12.2. The molecule has 0 aromatic heterocycles. The smallest absolute Gasteiger partial charge is 0.300 e. The molecule has 1 N–H and O–H groups in total. The molecule has 0 spiro atoms. The summed E-state index contributed by atoms with van der Waals surface area (Å²) in [5.74, 6) is 0. The highest BCUT2D eigenvalue weighted by atomic mass is 19.4. The Morgan fingerprint density at radius 3 is 2.27 bits per heavy atom. The quantitative estimate of drug-likeness (QED) is 0.619. The maximum Gasteiger partial charge on any atom is 0.416 e. The van der Waals surface area contributed by atoms with Crippen LogP contribution in [0.4, 0.5) is 13.2 Å². The van der Waals surface area contributed by atoms with Gasteiger partial charge in [0.25, 0.3) is 0 Å². The Bertz CT molecular complexity index is 348. The molecule has 80 valence electrons. The summed E-state index contributed by atoms with van der Waals surface area (Å²) in [4.78, 5) is 0. The molecule has 15 heavy (non-hydrogen) atoms. The van der Waals surface area contributed by atoms with Gasteiger partial charge in [-0.25, -0.2) is 0 Å². The van der Waals surface area contributed by atoms with Crippen LogP contribution in [0.25, 0.3) is 0 Å². The van der Waals surface area contributed by atoms with E-state index < -0.39 is 11.7 Å². The van der Waals surface area contributed by atoms with E-state index >= 15 is 0 Å². The number of hydrogen-bond donors (Lipinski definition) is 1. The van der Waals surface area contributed by atoms with E-state index in [9.17, 15) is 13.2 Å². The van der Waals surface area contributed by atoms with Crippen LogP contribution >= 0.6 is 0 Å². The van der Waals surface area contributed by atoms with Crippen molar-refractivity contribution in [1.82, 2.24) is 5.32 Å². The lowest BCUT2D eigenvalue weighted by Gasteiger charge is -2.07. The Morgan fingerprint density at radius 2 is 1.80 bits per heavy atom. The van der Waals surface area contributed by atoms with Crippen molar-refractivity contribution in [3.63, 3.8) is 0 Å². The average molecular weight is 214 g/mol. The van der Waals surface area contributed by atoms with Gasteiger partial charge in [-0.3, -0.25) is 0 Å². The molecule has 1 aromatic carbocycles. The van der Waals surface area contributed by atoms with Gasteiger partial charge >= 0.3 is 6.18 Å². The minimum atomic E-state index is -4.29. The summed E-state index contributed by atoms with van der Waals surface area (Å²) >= 11 is 0.